The van der Waals surface area contributed by atoms with E-state index in [1.54, 1.807) is 16.8 Å². The fourth-order valence-electron chi connectivity index (χ4n) is 3.10. The van der Waals surface area contributed by atoms with Gasteiger partial charge in [-0.3, -0.25) is 0 Å². The zero-order valence-electron chi connectivity index (χ0n) is 12.9. The smallest absolute Gasteiger partial charge is 0.184 e. The number of halogens is 2. The molecule has 1 saturated carbocycles. The highest BCUT2D eigenvalue weighted by Crippen LogP contribution is 2.25. The number of nitrogens with one attached hydrogen (secondary N) is 1. The molecule has 1 aliphatic rings. The van der Waals surface area contributed by atoms with Crippen LogP contribution in [0, 0.1) is 5.82 Å². The van der Waals surface area contributed by atoms with E-state index in [0.29, 0.717) is 33.6 Å². The van der Waals surface area contributed by atoms with Crippen molar-refractivity contribution in [2.75, 3.05) is 5.32 Å². The van der Waals surface area contributed by atoms with Crippen LogP contribution in [0.2, 0.25) is 5.02 Å². The standard InChI is InChI=1S/C16H16ClFN6/c17-12-6-3-7-13(18)11(12)8-24-16-14(22-23-24)15(19-9-20-16)21-10-4-1-2-5-10/h3,6-7,9-10H,1-2,4-5,8H2,(H,19,20,21). The molecule has 24 heavy (non-hydrogen) atoms. The highest BCUT2D eigenvalue weighted by Gasteiger charge is 2.19. The van der Waals surface area contributed by atoms with Crippen LogP contribution in [0.1, 0.15) is 31.2 Å². The molecule has 1 aromatic carbocycles. The zero-order chi connectivity index (χ0) is 16.5. The fraction of sp³-hybridized carbons (Fsp3) is 0.375. The van der Waals surface area contributed by atoms with Gasteiger partial charge >= 0.3 is 0 Å². The third-order valence-corrected chi connectivity index (χ3v) is 4.72. The number of anilines is 1. The molecule has 1 aliphatic carbocycles. The van der Waals surface area contributed by atoms with Gasteiger partial charge in [-0.1, -0.05) is 35.7 Å². The Morgan fingerprint density at radius 3 is 2.88 bits per heavy atom. The van der Waals surface area contributed by atoms with Gasteiger partial charge in [-0.2, -0.15) is 0 Å². The van der Waals surface area contributed by atoms with Crippen LogP contribution in [0.3, 0.4) is 0 Å². The van der Waals surface area contributed by atoms with Gasteiger partial charge in [0, 0.05) is 16.6 Å². The van der Waals surface area contributed by atoms with Gasteiger partial charge in [-0.15, -0.1) is 5.10 Å². The van der Waals surface area contributed by atoms with E-state index in [2.05, 4.69) is 25.6 Å². The summed E-state index contributed by atoms with van der Waals surface area (Å²) in [5.41, 5.74) is 1.52. The molecular weight excluding hydrogens is 331 g/mol. The molecule has 0 spiro atoms. The van der Waals surface area contributed by atoms with E-state index in [-0.39, 0.29) is 12.4 Å². The van der Waals surface area contributed by atoms with Crippen molar-refractivity contribution in [1.82, 2.24) is 25.0 Å². The average Bonchev–Trinajstić information content (AvgIpc) is 3.22. The van der Waals surface area contributed by atoms with E-state index in [0.717, 1.165) is 12.8 Å². The van der Waals surface area contributed by atoms with Gasteiger partial charge in [0.15, 0.2) is 17.0 Å². The Morgan fingerprint density at radius 2 is 2.08 bits per heavy atom. The molecule has 0 bridgehead atoms. The first kappa shape index (κ1) is 15.3. The molecule has 0 saturated heterocycles. The molecule has 8 heteroatoms. The van der Waals surface area contributed by atoms with Gasteiger partial charge in [-0.25, -0.2) is 19.0 Å². The molecule has 2 heterocycles. The highest BCUT2D eigenvalue weighted by molar-refractivity contribution is 6.31. The third kappa shape index (κ3) is 2.80. The lowest BCUT2D eigenvalue weighted by Crippen LogP contribution is -2.16. The van der Waals surface area contributed by atoms with Gasteiger partial charge in [0.25, 0.3) is 0 Å². The summed E-state index contributed by atoms with van der Waals surface area (Å²) in [7, 11) is 0. The molecule has 0 unspecified atom stereocenters. The molecule has 0 aliphatic heterocycles. The molecule has 1 fully saturated rings. The van der Waals surface area contributed by atoms with Crippen molar-refractivity contribution in [2.45, 2.75) is 38.3 Å². The average molecular weight is 347 g/mol. The molecule has 3 aromatic rings. The van der Waals surface area contributed by atoms with Crippen molar-refractivity contribution in [1.29, 1.82) is 0 Å². The van der Waals surface area contributed by atoms with Crippen molar-refractivity contribution in [3.63, 3.8) is 0 Å². The van der Waals surface area contributed by atoms with Gasteiger partial charge in [0.2, 0.25) is 0 Å². The lowest BCUT2D eigenvalue weighted by molar-refractivity contribution is 0.582. The summed E-state index contributed by atoms with van der Waals surface area (Å²) in [6.07, 6.45) is 6.19. The second-order valence-corrected chi connectivity index (χ2v) is 6.37. The number of fused-ring (bicyclic) bond motifs is 1. The minimum atomic E-state index is -0.371. The van der Waals surface area contributed by atoms with E-state index < -0.39 is 0 Å². The van der Waals surface area contributed by atoms with Gasteiger partial charge < -0.3 is 5.32 Å². The van der Waals surface area contributed by atoms with E-state index in [9.17, 15) is 4.39 Å². The first-order chi connectivity index (χ1) is 11.7. The van der Waals surface area contributed by atoms with E-state index in [1.165, 1.54) is 25.2 Å². The molecule has 6 nitrogen and oxygen atoms in total. The second kappa shape index (κ2) is 6.32. The van der Waals surface area contributed by atoms with Crippen molar-refractivity contribution >= 4 is 28.6 Å². The molecular formula is C16H16ClFN6. The maximum atomic E-state index is 14.0. The molecule has 124 valence electrons. The van der Waals surface area contributed by atoms with Crippen molar-refractivity contribution in [3.05, 3.63) is 40.9 Å². The van der Waals surface area contributed by atoms with E-state index in [4.69, 9.17) is 11.6 Å². The first-order valence-corrected chi connectivity index (χ1v) is 8.34. The van der Waals surface area contributed by atoms with Crippen LogP contribution in [0.4, 0.5) is 10.2 Å². The minimum absolute atomic E-state index is 0.169. The number of hydrogen-bond donors (Lipinski definition) is 1. The van der Waals surface area contributed by atoms with Crippen LogP contribution >= 0.6 is 11.6 Å². The Balaban J connectivity index is 1.67. The van der Waals surface area contributed by atoms with Gasteiger partial charge in [0.1, 0.15) is 12.1 Å². The number of nitrogens with zero attached hydrogens (tertiary/aromatic N) is 5. The van der Waals surface area contributed by atoms with E-state index >= 15 is 0 Å². The van der Waals surface area contributed by atoms with Crippen molar-refractivity contribution in [3.8, 4) is 0 Å². The Bertz CT molecular complexity index is 854. The zero-order valence-corrected chi connectivity index (χ0v) is 13.7. The first-order valence-electron chi connectivity index (χ1n) is 7.96. The lowest BCUT2D eigenvalue weighted by atomic mass is 10.2. The SMILES string of the molecule is Fc1cccc(Cl)c1Cn1nnc2c(NC3CCCC3)ncnc21. The van der Waals surface area contributed by atoms with Crippen LogP contribution in [-0.4, -0.2) is 31.0 Å². The summed E-state index contributed by atoms with van der Waals surface area (Å²) < 4.78 is 15.5. The molecule has 0 radical (unpaired) electrons. The third-order valence-electron chi connectivity index (χ3n) is 4.37. The molecule has 0 amide bonds. The fourth-order valence-corrected chi connectivity index (χ4v) is 3.32. The van der Waals surface area contributed by atoms with Gasteiger partial charge in [-0.05, 0) is 25.0 Å². The van der Waals surface area contributed by atoms with Crippen LogP contribution in [-0.2, 0) is 6.54 Å². The Kier molecular flexibility index (Phi) is 4.02. The van der Waals surface area contributed by atoms with Crippen LogP contribution in [0.5, 0.6) is 0 Å². The Hall–Kier alpha value is -2.28. The molecule has 0 atom stereocenters. The molecule has 4 rings (SSSR count). The maximum absolute atomic E-state index is 14.0. The van der Waals surface area contributed by atoms with Crippen molar-refractivity contribution in [2.24, 2.45) is 0 Å². The summed E-state index contributed by atoms with van der Waals surface area (Å²) in [6, 6.07) is 5.02. The normalized spacial score (nSPS) is 15.2. The van der Waals surface area contributed by atoms with Crippen LogP contribution in [0.15, 0.2) is 24.5 Å². The van der Waals surface area contributed by atoms with Gasteiger partial charge in [0.05, 0.1) is 6.54 Å². The predicted molar refractivity (Wildman–Crippen MR) is 89.5 cm³/mol. The summed E-state index contributed by atoms with van der Waals surface area (Å²) in [4.78, 5) is 8.54. The Labute approximate surface area is 143 Å². The van der Waals surface area contributed by atoms with Crippen LogP contribution < -0.4 is 5.32 Å². The number of rotatable bonds is 4. The summed E-state index contributed by atoms with van der Waals surface area (Å²) in [6.45, 7) is 0.169. The molecule has 2 aromatic heterocycles. The second-order valence-electron chi connectivity index (χ2n) is 5.97. The highest BCUT2D eigenvalue weighted by atomic mass is 35.5. The van der Waals surface area contributed by atoms with E-state index in [1.807, 2.05) is 0 Å². The molecule has 1 N–H and O–H groups in total. The number of aromatic nitrogens is 5. The van der Waals surface area contributed by atoms with Crippen molar-refractivity contribution < 1.29 is 4.39 Å². The topological polar surface area (TPSA) is 68.5 Å². The lowest BCUT2D eigenvalue weighted by Gasteiger charge is -2.12. The predicted octanol–water partition coefficient (Wildman–Crippen LogP) is 3.42. The summed E-state index contributed by atoms with van der Waals surface area (Å²) >= 11 is 6.10. The number of hydrogen-bond acceptors (Lipinski definition) is 5. The maximum Gasteiger partial charge on any atom is 0.184 e. The monoisotopic (exact) mass is 346 g/mol. The minimum Gasteiger partial charge on any atom is -0.365 e. The van der Waals surface area contributed by atoms with Crippen LogP contribution in [0.25, 0.3) is 11.2 Å². The summed E-state index contributed by atoms with van der Waals surface area (Å²) in [5, 5.41) is 12.1. The number of benzene rings is 1. The largest absolute Gasteiger partial charge is 0.365 e. The Morgan fingerprint density at radius 1 is 1.25 bits per heavy atom. The quantitative estimate of drug-likeness (QED) is 0.784. The summed E-state index contributed by atoms with van der Waals surface area (Å²) in [5.74, 6) is 0.308.